The molecule has 0 bridgehead atoms. The van der Waals surface area contributed by atoms with Crippen molar-refractivity contribution in [3.8, 4) is 5.75 Å². The Bertz CT molecular complexity index is 1590. The monoisotopic (exact) mass is 527 g/mol. The summed E-state index contributed by atoms with van der Waals surface area (Å²) < 4.78 is 6.55. The van der Waals surface area contributed by atoms with E-state index in [1.165, 1.54) is 16.2 Å². The Balaban J connectivity index is 1.69. The summed E-state index contributed by atoms with van der Waals surface area (Å²) in [5.74, 6) is -0.987. The van der Waals surface area contributed by atoms with Crippen LogP contribution in [0.4, 0.5) is 10.8 Å². The molecular formula is C30H29N3O4S. The zero-order valence-electron chi connectivity index (χ0n) is 22.0. The molecule has 1 fully saturated rings. The molecule has 3 aromatic carbocycles. The highest BCUT2D eigenvalue weighted by Gasteiger charge is 2.48. The van der Waals surface area contributed by atoms with Crippen molar-refractivity contribution in [1.29, 1.82) is 0 Å². The first-order valence-electron chi connectivity index (χ1n) is 12.4. The number of hydrogen-bond acceptors (Lipinski definition) is 7. The molecule has 1 atom stereocenters. The second kappa shape index (κ2) is 9.95. The number of thiazole rings is 1. The van der Waals surface area contributed by atoms with Crippen LogP contribution >= 0.6 is 11.3 Å². The van der Waals surface area contributed by atoms with Gasteiger partial charge in [0.05, 0.1) is 28.4 Å². The molecule has 1 aliphatic rings. The quantitative estimate of drug-likeness (QED) is 0.188. The van der Waals surface area contributed by atoms with E-state index in [2.05, 4.69) is 0 Å². The SMILES string of the molecule is CCOc1ccc(/C(O)=C2\C(=O)C(=O)N(c3nc4ccc(C)cc4s3)C2c2ccc(N(C)C)cc2)cc1C. The fourth-order valence-corrected chi connectivity index (χ4v) is 5.78. The van der Waals surface area contributed by atoms with Gasteiger partial charge in [0.2, 0.25) is 0 Å². The molecule has 0 aliphatic carbocycles. The molecule has 1 saturated heterocycles. The molecule has 38 heavy (non-hydrogen) atoms. The third-order valence-electron chi connectivity index (χ3n) is 6.66. The molecule has 1 aliphatic heterocycles. The van der Waals surface area contributed by atoms with E-state index in [-0.39, 0.29) is 11.3 Å². The molecule has 1 aromatic heterocycles. The molecule has 1 amide bonds. The number of benzene rings is 3. The first kappa shape index (κ1) is 25.5. The predicted octanol–water partition coefficient (Wildman–Crippen LogP) is 6.00. The Hall–Kier alpha value is -4.17. The predicted molar refractivity (Wildman–Crippen MR) is 152 cm³/mol. The van der Waals surface area contributed by atoms with Gasteiger partial charge in [-0.15, -0.1) is 0 Å². The van der Waals surface area contributed by atoms with Crippen LogP contribution in [0, 0.1) is 13.8 Å². The summed E-state index contributed by atoms with van der Waals surface area (Å²) in [6.45, 7) is 6.29. The molecule has 2 heterocycles. The van der Waals surface area contributed by atoms with Crippen molar-refractivity contribution in [2.75, 3.05) is 30.5 Å². The number of nitrogens with zero attached hydrogens (tertiary/aromatic N) is 3. The van der Waals surface area contributed by atoms with Gasteiger partial charge in [0.1, 0.15) is 11.5 Å². The molecule has 0 radical (unpaired) electrons. The van der Waals surface area contributed by atoms with Crippen molar-refractivity contribution in [3.63, 3.8) is 0 Å². The molecule has 0 spiro atoms. The van der Waals surface area contributed by atoms with Crippen LogP contribution in [-0.2, 0) is 9.59 Å². The number of aryl methyl sites for hydroxylation is 2. The highest BCUT2D eigenvalue weighted by molar-refractivity contribution is 7.22. The third-order valence-corrected chi connectivity index (χ3v) is 7.67. The summed E-state index contributed by atoms with van der Waals surface area (Å²) >= 11 is 1.35. The second-order valence-electron chi connectivity index (χ2n) is 9.54. The Kier molecular flexibility index (Phi) is 6.67. The molecule has 0 saturated carbocycles. The standard InChI is InChI=1S/C30H29N3O4S/c1-6-37-23-14-10-20(16-18(23)3)27(34)25-26(19-8-11-21(12-9-19)32(4)5)33(29(36)28(25)35)30-31-22-13-7-17(2)15-24(22)38-30/h7-16,26,34H,6H2,1-5H3/b27-25+. The first-order chi connectivity index (χ1) is 18.2. The molecule has 5 rings (SSSR count). The van der Waals surface area contributed by atoms with Gasteiger partial charge >= 0.3 is 5.91 Å². The van der Waals surface area contributed by atoms with Gasteiger partial charge in [0.25, 0.3) is 5.78 Å². The lowest BCUT2D eigenvalue weighted by Gasteiger charge is -2.23. The molecule has 1 unspecified atom stereocenters. The van der Waals surface area contributed by atoms with Crippen molar-refractivity contribution < 1.29 is 19.4 Å². The van der Waals surface area contributed by atoms with Gasteiger partial charge in [0.15, 0.2) is 5.13 Å². The summed E-state index contributed by atoms with van der Waals surface area (Å²) in [5, 5.41) is 11.9. The maximum atomic E-state index is 13.5. The lowest BCUT2D eigenvalue weighted by atomic mass is 9.94. The minimum absolute atomic E-state index is 0.0339. The number of Topliss-reactive ketones (excluding diaryl/α,β-unsaturated/α-hetero) is 1. The number of carbonyl (C=O) groups excluding carboxylic acids is 2. The van der Waals surface area contributed by atoms with Crippen LogP contribution in [0.25, 0.3) is 16.0 Å². The molecular weight excluding hydrogens is 498 g/mol. The molecule has 194 valence electrons. The number of aliphatic hydroxyl groups is 1. The molecule has 7 nitrogen and oxygen atoms in total. The Morgan fingerprint density at radius 2 is 1.79 bits per heavy atom. The Labute approximate surface area is 225 Å². The van der Waals surface area contributed by atoms with Crippen LogP contribution in [0.2, 0.25) is 0 Å². The summed E-state index contributed by atoms with van der Waals surface area (Å²) in [5.41, 5.74) is 4.81. The van der Waals surface area contributed by atoms with Crippen molar-refractivity contribution in [2.24, 2.45) is 0 Å². The summed E-state index contributed by atoms with van der Waals surface area (Å²) in [4.78, 5) is 35.1. The van der Waals surface area contributed by atoms with Gasteiger partial charge in [-0.2, -0.15) is 0 Å². The maximum Gasteiger partial charge on any atom is 0.301 e. The van der Waals surface area contributed by atoms with E-state index in [0.717, 1.165) is 27.0 Å². The number of ether oxygens (including phenoxy) is 1. The van der Waals surface area contributed by atoms with E-state index in [9.17, 15) is 14.7 Å². The highest BCUT2D eigenvalue weighted by Crippen LogP contribution is 2.44. The van der Waals surface area contributed by atoms with E-state index in [1.54, 1.807) is 18.2 Å². The Morgan fingerprint density at radius 3 is 2.45 bits per heavy atom. The van der Waals surface area contributed by atoms with Crippen LogP contribution < -0.4 is 14.5 Å². The number of aromatic nitrogens is 1. The van der Waals surface area contributed by atoms with Crippen LogP contribution in [0.5, 0.6) is 5.75 Å². The average Bonchev–Trinajstić information content (AvgIpc) is 3.42. The van der Waals surface area contributed by atoms with Crippen LogP contribution in [0.15, 0.2) is 66.2 Å². The molecule has 1 N–H and O–H groups in total. The van der Waals surface area contributed by atoms with Crippen LogP contribution in [0.1, 0.15) is 35.2 Å². The van der Waals surface area contributed by atoms with Gasteiger partial charge in [-0.25, -0.2) is 4.98 Å². The number of ketones is 1. The number of anilines is 2. The first-order valence-corrected chi connectivity index (χ1v) is 13.2. The normalized spacial score (nSPS) is 16.9. The lowest BCUT2D eigenvalue weighted by molar-refractivity contribution is -0.132. The topological polar surface area (TPSA) is 83.0 Å². The van der Waals surface area contributed by atoms with E-state index >= 15 is 0 Å². The summed E-state index contributed by atoms with van der Waals surface area (Å²) in [7, 11) is 3.89. The maximum absolute atomic E-state index is 13.5. The summed E-state index contributed by atoms with van der Waals surface area (Å²) in [6.07, 6.45) is 0. The van der Waals surface area contributed by atoms with Crippen molar-refractivity contribution in [1.82, 2.24) is 4.98 Å². The van der Waals surface area contributed by atoms with Crippen molar-refractivity contribution in [2.45, 2.75) is 26.8 Å². The second-order valence-corrected chi connectivity index (χ2v) is 10.5. The number of carbonyl (C=O) groups is 2. The summed E-state index contributed by atoms with van der Waals surface area (Å²) in [6, 6.07) is 17.9. The average molecular weight is 528 g/mol. The van der Waals surface area contributed by atoms with E-state index in [4.69, 9.17) is 9.72 Å². The number of rotatable bonds is 6. The minimum atomic E-state index is -0.834. The molecule has 8 heteroatoms. The third kappa shape index (κ3) is 4.41. The lowest BCUT2D eigenvalue weighted by Crippen LogP contribution is -2.29. The van der Waals surface area contributed by atoms with Gasteiger partial charge in [-0.3, -0.25) is 14.5 Å². The van der Waals surface area contributed by atoms with Crippen molar-refractivity contribution >= 4 is 49.8 Å². The van der Waals surface area contributed by atoms with E-state index < -0.39 is 17.7 Å². The minimum Gasteiger partial charge on any atom is -0.507 e. The van der Waals surface area contributed by atoms with Gasteiger partial charge in [0, 0.05) is 25.3 Å². The van der Waals surface area contributed by atoms with Crippen molar-refractivity contribution in [3.05, 3.63) is 88.5 Å². The van der Waals surface area contributed by atoms with E-state index in [0.29, 0.717) is 28.6 Å². The van der Waals surface area contributed by atoms with Crippen LogP contribution in [-0.4, -0.2) is 42.5 Å². The zero-order valence-corrected chi connectivity index (χ0v) is 22.8. The van der Waals surface area contributed by atoms with Gasteiger partial charge < -0.3 is 14.7 Å². The number of hydrogen-bond donors (Lipinski definition) is 1. The van der Waals surface area contributed by atoms with Gasteiger partial charge in [-0.05, 0) is 79.9 Å². The molecule has 4 aromatic rings. The number of aliphatic hydroxyl groups excluding tert-OH is 1. The van der Waals surface area contributed by atoms with Gasteiger partial charge in [-0.1, -0.05) is 29.5 Å². The highest BCUT2D eigenvalue weighted by atomic mass is 32.1. The fourth-order valence-electron chi connectivity index (χ4n) is 4.69. The zero-order chi connectivity index (χ0) is 27.1. The number of amides is 1. The Morgan fingerprint density at radius 1 is 1.05 bits per heavy atom. The largest absolute Gasteiger partial charge is 0.507 e. The van der Waals surface area contributed by atoms with E-state index in [1.807, 2.05) is 82.2 Å². The number of fused-ring (bicyclic) bond motifs is 1. The smallest absolute Gasteiger partial charge is 0.301 e. The fraction of sp³-hybridized carbons (Fsp3) is 0.233. The van der Waals surface area contributed by atoms with Crippen LogP contribution in [0.3, 0.4) is 0 Å².